The number of carboxylic acids is 1. The minimum absolute atomic E-state index is 0.0966. The number of fused-ring (bicyclic) bond motifs is 1. The van der Waals surface area contributed by atoms with Crippen LogP contribution in [0.15, 0.2) is 66.7 Å². The Morgan fingerprint density at radius 1 is 1.05 bits per heavy atom. The Kier molecular flexibility index (Phi) is 8.43. The molecule has 5 aromatic rings. The normalized spacial score (nSPS) is 11.0. The highest BCUT2D eigenvalue weighted by atomic mass is 35.5. The van der Waals surface area contributed by atoms with Crippen molar-refractivity contribution in [3.63, 3.8) is 0 Å². The number of hydrogen-bond acceptors (Lipinski definition) is 6. The van der Waals surface area contributed by atoms with Gasteiger partial charge in [-0.2, -0.15) is 5.26 Å². The predicted octanol–water partition coefficient (Wildman–Crippen LogP) is 6.42. The van der Waals surface area contributed by atoms with Gasteiger partial charge in [0.05, 0.1) is 45.6 Å². The quantitative estimate of drug-likeness (QED) is 0.200. The van der Waals surface area contributed by atoms with Crippen LogP contribution in [-0.2, 0) is 24.3 Å². The van der Waals surface area contributed by atoms with Crippen LogP contribution < -0.4 is 4.74 Å². The molecule has 0 saturated heterocycles. The van der Waals surface area contributed by atoms with E-state index < -0.39 is 17.6 Å². The number of ether oxygens (including phenoxy) is 2. The van der Waals surface area contributed by atoms with Crippen LogP contribution in [-0.4, -0.2) is 39.3 Å². The molecular weight excluding hydrogens is 566 g/mol. The molecular formula is C31H23ClF2N4O4. The summed E-state index contributed by atoms with van der Waals surface area (Å²) in [6.07, 6.45) is 0.0966. The van der Waals surface area contributed by atoms with Gasteiger partial charge in [-0.1, -0.05) is 23.7 Å². The molecule has 0 aliphatic carbocycles. The monoisotopic (exact) mass is 588 g/mol. The number of carbonyl (C=O) groups is 1. The summed E-state index contributed by atoms with van der Waals surface area (Å²) < 4.78 is 42.4. The summed E-state index contributed by atoms with van der Waals surface area (Å²) in [5.41, 5.74) is 2.75. The van der Waals surface area contributed by atoms with Crippen molar-refractivity contribution in [1.29, 1.82) is 5.26 Å². The van der Waals surface area contributed by atoms with E-state index in [1.165, 1.54) is 36.4 Å². The van der Waals surface area contributed by atoms with Crippen molar-refractivity contribution >= 4 is 28.6 Å². The van der Waals surface area contributed by atoms with Gasteiger partial charge in [0.1, 0.15) is 24.1 Å². The van der Waals surface area contributed by atoms with E-state index in [1.807, 2.05) is 10.6 Å². The second-order valence-electron chi connectivity index (χ2n) is 9.35. The van der Waals surface area contributed by atoms with E-state index in [1.54, 1.807) is 31.4 Å². The molecule has 0 unspecified atom stereocenters. The van der Waals surface area contributed by atoms with E-state index in [4.69, 9.17) is 26.3 Å². The van der Waals surface area contributed by atoms with Crippen molar-refractivity contribution < 1.29 is 28.2 Å². The number of imidazole rings is 1. The molecule has 2 aromatic heterocycles. The lowest BCUT2D eigenvalue weighted by Gasteiger charge is -2.12. The Labute approximate surface area is 244 Å². The maximum absolute atomic E-state index is 15.5. The molecule has 0 amide bonds. The molecule has 8 nitrogen and oxygen atoms in total. The molecule has 0 spiro atoms. The Balaban J connectivity index is 1.40. The Morgan fingerprint density at radius 3 is 2.60 bits per heavy atom. The van der Waals surface area contributed by atoms with Crippen molar-refractivity contribution in [2.24, 2.45) is 0 Å². The first-order valence-corrected chi connectivity index (χ1v) is 13.1. The number of carboxylic acid groups (broad SMARTS) is 1. The van der Waals surface area contributed by atoms with E-state index in [9.17, 15) is 14.3 Å². The first-order chi connectivity index (χ1) is 20.3. The van der Waals surface area contributed by atoms with Crippen LogP contribution in [0.5, 0.6) is 5.88 Å². The molecule has 42 heavy (non-hydrogen) atoms. The van der Waals surface area contributed by atoms with Crippen molar-refractivity contribution in [3.8, 4) is 23.2 Å². The Hall–Kier alpha value is -4.85. The lowest BCUT2D eigenvalue weighted by atomic mass is 10.0. The highest BCUT2D eigenvalue weighted by molar-refractivity contribution is 6.33. The minimum Gasteiger partial charge on any atom is -0.478 e. The average Bonchev–Trinajstić information content (AvgIpc) is 3.33. The molecule has 1 N–H and O–H groups in total. The summed E-state index contributed by atoms with van der Waals surface area (Å²) in [5.74, 6) is -1.45. The molecule has 212 valence electrons. The second-order valence-corrected chi connectivity index (χ2v) is 9.76. The van der Waals surface area contributed by atoms with Gasteiger partial charge < -0.3 is 19.1 Å². The molecule has 0 radical (unpaired) electrons. The van der Waals surface area contributed by atoms with Gasteiger partial charge in [-0.15, -0.1) is 0 Å². The number of nitriles is 1. The number of pyridine rings is 1. The van der Waals surface area contributed by atoms with Crippen LogP contribution in [0, 0.1) is 23.0 Å². The summed E-state index contributed by atoms with van der Waals surface area (Å²) in [6.45, 7) is 0.620. The number of aromatic carboxylic acids is 1. The highest BCUT2D eigenvalue weighted by Gasteiger charge is 2.18. The zero-order chi connectivity index (χ0) is 29.8. The van der Waals surface area contributed by atoms with Gasteiger partial charge >= 0.3 is 5.97 Å². The van der Waals surface area contributed by atoms with Crippen molar-refractivity contribution in [2.45, 2.75) is 19.6 Å². The smallest absolute Gasteiger partial charge is 0.335 e. The number of nitrogens with zero attached hydrogens (tertiary/aromatic N) is 4. The first-order valence-electron chi connectivity index (χ1n) is 12.8. The number of rotatable bonds is 10. The SMILES string of the molecule is COCCn1c(Cc2cc(Cl)c(-c3cccc(OCc4ccc(C#N)cc4F)n3)cc2F)nc2ccc(C(=O)O)cc21. The fourth-order valence-corrected chi connectivity index (χ4v) is 4.78. The molecule has 0 aliphatic rings. The molecule has 11 heteroatoms. The molecule has 0 aliphatic heterocycles. The third-order valence-corrected chi connectivity index (χ3v) is 6.95. The van der Waals surface area contributed by atoms with Gasteiger partial charge in [-0.25, -0.2) is 23.5 Å². The summed E-state index contributed by atoms with van der Waals surface area (Å²) >= 11 is 6.60. The van der Waals surface area contributed by atoms with Gasteiger partial charge in [0.2, 0.25) is 5.88 Å². The Bertz CT molecular complexity index is 1850. The highest BCUT2D eigenvalue weighted by Crippen LogP contribution is 2.32. The molecule has 0 saturated carbocycles. The topological polar surface area (TPSA) is 110 Å². The third kappa shape index (κ3) is 6.07. The van der Waals surface area contributed by atoms with E-state index in [2.05, 4.69) is 9.97 Å². The lowest BCUT2D eigenvalue weighted by molar-refractivity contribution is 0.0697. The van der Waals surface area contributed by atoms with Crippen molar-refractivity contribution in [3.05, 3.63) is 111 Å². The first kappa shape index (κ1) is 28.7. The minimum atomic E-state index is -1.06. The van der Waals surface area contributed by atoms with Gasteiger partial charge in [-0.05, 0) is 54.1 Å². The molecule has 0 atom stereocenters. The summed E-state index contributed by atoms with van der Waals surface area (Å²) in [6, 6.07) is 18.3. The fourth-order valence-electron chi connectivity index (χ4n) is 4.49. The largest absolute Gasteiger partial charge is 0.478 e. The number of hydrogen-bond donors (Lipinski definition) is 1. The molecule has 0 bridgehead atoms. The van der Waals surface area contributed by atoms with E-state index in [0.717, 1.165) is 6.07 Å². The fraction of sp³-hybridized carbons (Fsp3) is 0.161. The average molecular weight is 589 g/mol. The maximum Gasteiger partial charge on any atom is 0.335 e. The predicted molar refractivity (Wildman–Crippen MR) is 151 cm³/mol. The number of halogens is 3. The van der Waals surface area contributed by atoms with E-state index in [0.29, 0.717) is 46.8 Å². The summed E-state index contributed by atoms with van der Waals surface area (Å²) in [4.78, 5) is 20.5. The number of methoxy groups -OCH3 is 1. The van der Waals surface area contributed by atoms with Crippen LogP contribution >= 0.6 is 11.6 Å². The van der Waals surface area contributed by atoms with Gasteiger partial charge in [-0.3, -0.25) is 0 Å². The zero-order valence-electron chi connectivity index (χ0n) is 22.3. The Morgan fingerprint density at radius 2 is 1.86 bits per heavy atom. The van der Waals surface area contributed by atoms with Gasteiger partial charge in [0.25, 0.3) is 0 Å². The van der Waals surface area contributed by atoms with E-state index >= 15 is 4.39 Å². The van der Waals surface area contributed by atoms with Crippen LogP contribution in [0.4, 0.5) is 8.78 Å². The van der Waals surface area contributed by atoms with Gasteiger partial charge in [0.15, 0.2) is 0 Å². The molecule has 5 rings (SSSR count). The molecule has 3 aromatic carbocycles. The zero-order valence-corrected chi connectivity index (χ0v) is 23.0. The van der Waals surface area contributed by atoms with Crippen molar-refractivity contribution in [1.82, 2.24) is 14.5 Å². The lowest BCUT2D eigenvalue weighted by Crippen LogP contribution is -2.10. The second kappa shape index (κ2) is 12.3. The number of benzene rings is 3. The molecule has 0 fully saturated rings. The van der Waals surface area contributed by atoms with Crippen LogP contribution in [0.25, 0.3) is 22.3 Å². The number of aromatic nitrogens is 3. The summed E-state index contributed by atoms with van der Waals surface area (Å²) in [7, 11) is 1.55. The van der Waals surface area contributed by atoms with Crippen LogP contribution in [0.3, 0.4) is 0 Å². The standard InChI is InChI=1S/C31H23ClF2N4O4/c1-41-10-9-38-28-13-19(31(39)40)7-8-27(28)36-29(38)14-21-12-23(32)22(15-25(21)34)26-3-2-4-30(37-26)42-17-20-6-5-18(16-35)11-24(20)33/h2-8,11-13,15H,9-10,14,17H2,1H3,(H,39,40). The molecule has 2 heterocycles. The third-order valence-electron chi connectivity index (χ3n) is 6.64. The van der Waals surface area contributed by atoms with Crippen LogP contribution in [0.2, 0.25) is 5.02 Å². The summed E-state index contributed by atoms with van der Waals surface area (Å²) in [5, 5.41) is 18.6. The van der Waals surface area contributed by atoms with Crippen molar-refractivity contribution in [2.75, 3.05) is 13.7 Å². The van der Waals surface area contributed by atoms with E-state index in [-0.39, 0.29) is 40.6 Å². The van der Waals surface area contributed by atoms with Crippen LogP contribution in [0.1, 0.15) is 32.9 Å². The maximum atomic E-state index is 15.5. The van der Waals surface area contributed by atoms with Gasteiger partial charge in [0, 0.05) is 37.3 Å².